The number of aromatic hydroxyl groups is 2. The summed E-state index contributed by atoms with van der Waals surface area (Å²) in [6.45, 7) is 2.36. The Balaban J connectivity index is 0.000000194. The SMILES string of the molecule is CCCOC(=O)c1ccc(O)cc1.Oc1ccccc1Cc1ccccc1. The van der Waals surface area contributed by atoms with Crippen LogP contribution >= 0.6 is 0 Å². The molecule has 4 heteroatoms. The van der Waals surface area contributed by atoms with E-state index in [1.54, 1.807) is 6.07 Å². The third kappa shape index (κ3) is 6.86. The molecule has 0 bridgehead atoms. The second kappa shape index (κ2) is 10.7. The maximum absolute atomic E-state index is 11.2. The predicted molar refractivity (Wildman–Crippen MR) is 106 cm³/mol. The van der Waals surface area contributed by atoms with Crippen LogP contribution in [0, 0.1) is 0 Å². The summed E-state index contributed by atoms with van der Waals surface area (Å²) < 4.78 is 4.90. The minimum Gasteiger partial charge on any atom is -0.508 e. The van der Waals surface area contributed by atoms with Gasteiger partial charge in [0.1, 0.15) is 11.5 Å². The number of carbonyl (C=O) groups excluding carboxylic acids is 1. The van der Waals surface area contributed by atoms with Crippen molar-refractivity contribution < 1.29 is 19.7 Å². The van der Waals surface area contributed by atoms with E-state index in [9.17, 15) is 9.90 Å². The molecule has 0 radical (unpaired) electrons. The minimum atomic E-state index is -0.346. The molecule has 0 amide bonds. The van der Waals surface area contributed by atoms with Crippen molar-refractivity contribution in [2.75, 3.05) is 6.61 Å². The molecule has 0 spiro atoms. The Morgan fingerprint density at radius 1 is 0.852 bits per heavy atom. The van der Waals surface area contributed by atoms with Crippen molar-refractivity contribution in [1.82, 2.24) is 0 Å². The van der Waals surface area contributed by atoms with Crippen LogP contribution in [-0.2, 0) is 11.2 Å². The fraction of sp³-hybridized carbons (Fsp3) is 0.174. The van der Waals surface area contributed by atoms with E-state index in [-0.39, 0.29) is 11.7 Å². The van der Waals surface area contributed by atoms with Crippen LogP contribution in [0.3, 0.4) is 0 Å². The monoisotopic (exact) mass is 364 g/mol. The van der Waals surface area contributed by atoms with Crippen molar-refractivity contribution in [2.45, 2.75) is 19.8 Å². The molecule has 0 unspecified atom stereocenters. The van der Waals surface area contributed by atoms with Gasteiger partial charge in [0.2, 0.25) is 0 Å². The topological polar surface area (TPSA) is 66.8 Å². The van der Waals surface area contributed by atoms with Crippen LogP contribution < -0.4 is 0 Å². The third-order valence-electron chi connectivity index (χ3n) is 3.77. The zero-order chi connectivity index (χ0) is 19.5. The van der Waals surface area contributed by atoms with Gasteiger partial charge in [-0.1, -0.05) is 55.5 Å². The Hall–Kier alpha value is -3.27. The molecule has 0 atom stereocenters. The normalized spacial score (nSPS) is 9.81. The van der Waals surface area contributed by atoms with Crippen molar-refractivity contribution in [1.29, 1.82) is 0 Å². The second-order valence-corrected chi connectivity index (χ2v) is 5.97. The lowest BCUT2D eigenvalue weighted by atomic mass is 10.0. The van der Waals surface area contributed by atoms with Crippen LogP contribution in [0.5, 0.6) is 11.5 Å². The fourth-order valence-electron chi connectivity index (χ4n) is 2.35. The van der Waals surface area contributed by atoms with Crippen LogP contribution in [0.15, 0.2) is 78.9 Å². The number of hydrogen-bond acceptors (Lipinski definition) is 4. The summed E-state index contributed by atoms with van der Waals surface area (Å²) in [4.78, 5) is 11.2. The molecule has 0 fully saturated rings. The highest BCUT2D eigenvalue weighted by atomic mass is 16.5. The van der Waals surface area contributed by atoms with E-state index >= 15 is 0 Å². The third-order valence-corrected chi connectivity index (χ3v) is 3.77. The maximum atomic E-state index is 11.2. The zero-order valence-corrected chi connectivity index (χ0v) is 15.3. The van der Waals surface area contributed by atoms with Gasteiger partial charge in [0.15, 0.2) is 0 Å². The predicted octanol–water partition coefficient (Wildman–Crippen LogP) is 4.94. The summed E-state index contributed by atoms with van der Waals surface area (Å²) in [5.41, 5.74) is 2.65. The number of phenols is 2. The molecule has 4 nitrogen and oxygen atoms in total. The molecule has 0 aromatic heterocycles. The van der Waals surface area contributed by atoms with Gasteiger partial charge in [0, 0.05) is 6.42 Å². The molecule has 3 rings (SSSR count). The number of phenolic OH excluding ortho intramolecular Hbond substituents is 2. The minimum absolute atomic E-state index is 0.145. The first-order valence-electron chi connectivity index (χ1n) is 8.87. The van der Waals surface area contributed by atoms with Gasteiger partial charge in [-0.05, 0) is 47.9 Å². The molecule has 3 aromatic carbocycles. The van der Waals surface area contributed by atoms with Gasteiger partial charge in [-0.2, -0.15) is 0 Å². The Morgan fingerprint density at radius 3 is 2.11 bits per heavy atom. The van der Waals surface area contributed by atoms with Crippen molar-refractivity contribution in [3.8, 4) is 11.5 Å². The largest absolute Gasteiger partial charge is 0.508 e. The van der Waals surface area contributed by atoms with Crippen molar-refractivity contribution in [3.63, 3.8) is 0 Å². The van der Waals surface area contributed by atoms with Crippen LogP contribution in [0.4, 0.5) is 0 Å². The van der Waals surface area contributed by atoms with E-state index < -0.39 is 0 Å². The van der Waals surface area contributed by atoms with Gasteiger partial charge >= 0.3 is 5.97 Å². The van der Waals surface area contributed by atoms with E-state index in [0.29, 0.717) is 17.9 Å². The van der Waals surface area contributed by atoms with E-state index in [2.05, 4.69) is 12.1 Å². The number of rotatable bonds is 5. The average molecular weight is 364 g/mol. The molecule has 0 saturated carbocycles. The van der Waals surface area contributed by atoms with Crippen LogP contribution in [-0.4, -0.2) is 22.8 Å². The highest BCUT2D eigenvalue weighted by molar-refractivity contribution is 5.89. The molecule has 0 saturated heterocycles. The average Bonchev–Trinajstić information content (AvgIpc) is 2.70. The zero-order valence-electron chi connectivity index (χ0n) is 15.3. The Labute approximate surface area is 159 Å². The second-order valence-electron chi connectivity index (χ2n) is 5.97. The molecule has 140 valence electrons. The maximum Gasteiger partial charge on any atom is 0.338 e. The molecule has 0 aliphatic rings. The summed E-state index contributed by atoms with van der Waals surface area (Å²) in [7, 11) is 0. The first-order valence-corrected chi connectivity index (χ1v) is 8.87. The highest BCUT2D eigenvalue weighted by Crippen LogP contribution is 2.19. The van der Waals surface area contributed by atoms with Crippen molar-refractivity contribution >= 4 is 5.97 Å². The van der Waals surface area contributed by atoms with Gasteiger partial charge in [-0.15, -0.1) is 0 Å². The smallest absolute Gasteiger partial charge is 0.338 e. The lowest BCUT2D eigenvalue weighted by molar-refractivity contribution is 0.0505. The van der Waals surface area contributed by atoms with E-state index in [4.69, 9.17) is 9.84 Å². The van der Waals surface area contributed by atoms with Crippen LogP contribution in [0.1, 0.15) is 34.8 Å². The van der Waals surface area contributed by atoms with Crippen molar-refractivity contribution in [3.05, 3.63) is 95.6 Å². The Kier molecular flexibility index (Phi) is 7.92. The van der Waals surface area contributed by atoms with E-state index in [0.717, 1.165) is 18.4 Å². The van der Waals surface area contributed by atoms with Gasteiger partial charge in [-0.3, -0.25) is 0 Å². The molecular formula is C23H24O4. The summed E-state index contributed by atoms with van der Waals surface area (Å²) in [6, 6.07) is 23.6. The standard InChI is InChI=1S/C13H12O.C10H12O3/c14-13-9-5-4-8-12(13)10-11-6-2-1-3-7-11;1-2-7-13-10(12)8-3-5-9(11)6-4-8/h1-9,14H,10H2;3-6,11H,2,7H2,1H3. The summed E-state index contributed by atoms with van der Waals surface area (Å²) in [5.74, 6) is 0.172. The lowest BCUT2D eigenvalue weighted by Crippen LogP contribution is -2.05. The molecular weight excluding hydrogens is 340 g/mol. The number of carbonyl (C=O) groups is 1. The van der Waals surface area contributed by atoms with Crippen LogP contribution in [0.25, 0.3) is 0 Å². The molecule has 0 aliphatic heterocycles. The summed E-state index contributed by atoms with van der Waals surface area (Å²) >= 11 is 0. The number of para-hydroxylation sites is 1. The Bertz CT molecular complexity index is 827. The van der Waals surface area contributed by atoms with Gasteiger partial charge < -0.3 is 14.9 Å². The van der Waals surface area contributed by atoms with Crippen LogP contribution in [0.2, 0.25) is 0 Å². The van der Waals surface area contributed by atoms with Crippen molar-refractivity contribution in [2.24, 2.45) is 0 Å². The first kappa shape index (κ1) is 20.0. The summed E-state index contributed by atoms with van der Waals surface area (Å²) in [5, 5.41) is 18.5. The lowest BCUT2D eigenvalue weighted by Gasteiger charge is -2.03. The quantitative estimate of drug-likeness (QED) is 0.629. The molecule has 0 aliphatic carbocycles. The van der Waals surface area contributed by atoms with Gasteiger partial charge in [-0.25, -0.2) is 4.79 Å². The molecule has 27 heavy (non-hydrogen) atoms. The number of hydrogen-bond donors (Lipinski definition) is 2. The number of ether oxygens (including phenoxy) is 1. The Morgan fingerprint density at radius 2 is 1.48 bits per heavy atom. The van der Waals surface area contributed by atoms with E-state index in [1.807, 2.05) is 43.3 Å². The summed E-state index contributed by atoms with van der Waals surface area (Å²) in [6.07, 6.45) is 1.59. The number of benzene rings is 3. The molecule has 3 aromatic rings. The fourth-order valence-corrected chi connectivity index (χ4v) is 2.35. The van der Waals surface area contributed by atoms with E-state index in [1.165, 1.54) is 29.8 Å². The van der Waals surface area contributed by atoms with Gasteiger partial charge in [0.05, 0.1) is 12.2 Å². The number of esters is 1. The highest BCUT2D eigenvalue weighted by Gasteiger charge is 2.05. The van der Waals surface area contributed by atoms with Gasteiger partial charge in [0.25, 0.3) is 0 Å². The molecule has 0 heterocycles. The molecule has 2 N–H and O–H groups in total. The first-order chi connectivity index (χ1) is 13.1.